The molecule has 0 amide bonds. The lowest BCUT2D eigenvalue weighted by atomic mass is 9.90. The van der Waals surface area contributed by atoms with Crippen LogP contribution in [0.1, 0.15) is 25.7 Å². The first kappa shape index (κ1) is 11.0. The lowest BCUT2D eigenvalue weighted by molar-refractivity contribution is -0.148. The van der Waals surface area contributed by atoms with Crippen LogP contribution in [0.2, 0.25) is 0 Å². The molecule has 2 heterocycles. The maximum atomic E-state index is 11.9. The van der Waals surface area contributed by atoms with Crippen molar-refractivity contribution in [3.05, 3.63) is 12.2 Å². The SMILES string of the molecule is O=C(OCC1CCC2OC2C1)C1C=CC2OC2C1. The summed E-state index contributed by atoms with van der Waals surface area (Å²) in [6.45, 7) is 0.560. The summed E-state index contributed by atoms with van der Waals surface area (Å²) in [4.78, 5) is 11.9. The third-order valence-corrected chi connectivity index (χ3v) is 4.52. The molecule has 0 aromatic heterocycles. The second-order valence-electron chi connectivity index (χ2n) is 5.89. The second-order valence-corrected chi connectivity index (χ2v) is 5.89. The lowest BCUT2D eigenvalue weighted by Gasteiger charge is -2.20. The number of fused-ring (bicyclic) bond motifs is 2. The summed E-state index contributed by atoms with van der Waals surface area (Å²) >= 11 is 0. The van der Waals surface area contributed by atoms with Crippen LogP contribution < -0.4 is 0 Å². The van der Waals surface area contributed by atoms with Crippen LogP contribution in [0, 0.1) is 11.8 Å². The van der Waals surface area contributed by atoms with Gasteiger partial charge in [-0.25, -0.2) is 0 Å². The Balaban J connectivity index is 1.25. The Morgan fingerprint density at radius 1 is 1.11 bits per heavy atom. The molecule has 2 aliphatic heterocycles. The van der Waals surface area contributed by atoms with Crippen LogP contribution in [0.25, 0.3) is 0 Å². The summed E-state index contributed by atoms with van der Waals surface area (Å²) in [6, 6.07) is 0. The Labute approximate surface area is 106 Å². The molecule has 4 heteroatoms. The molecule has 2 aliphatic carbocycles. The molecular weight excluding hydrogens is 232 g/mol. The maximum Gasteiger partial charge on any atom is 0.312 e. The van der Waals surface area contributed by atoms with Crippen LogP contribution in [0.15, 0.2) is 12.2 Å². The molecule has 4 rings (SSSR count). The summed E-state index contributed by atoms with van der Waals surface area (Å²) in [5.41, 5.74) is 0. The van der Waals surface area contributed by atoms with E-state index in [1.807, 2.05) is 12.2 Å². The van der Waals surface area contributed by atoms with Gasteiger partial charge in [-0.1, -0.05) is 12.2 Å². The van der Waals surface area contributed by atoms with E-state index in [4.69, 9.17) is 14.2 Å². The highest BCUT2D eigenvalue weighted by Crippen LogP contribution is 2.40. The zero-order valence-corrected chi connectivity index (χ0v) is 10.3. The Hall–Kier alpha value is -0.870. The molecule has 0 N–H and O–H groups in total. The average Bonchev–Trinajstić information content (AvgIpc) is 3.26. The fourth-order valence-electron chi connectivity index (χ4n) is 3.21. The van der Waals surface area contributed by atoms with Crippen molar-refractivity contribution in [2.45, 2.75) is 50.1 Å². The van der Waals surface area contributed by atoms with Crippen LogP contribution >= 0.6 is 0 Å². The first-order chi connectivity index (χ1) is 8.79. The van der Waals surface area contributed by atoms with Crippen molar-refractivity contribution in [3.63, 3.8) is 0 Å². The smallest absolute Gasteiger partial charge is 0.312 e. The number of esters is 1. The van der Waals surface area contributed by atoms with E-state index in [0.717, 1.165) is 25.7 Å². The van der Waals surface area contributed by atoms with Gasteiger partial charge in [-0.3, -0.25) is 4.79 Å². The van der Waals surface area contributed by atoms with E-state index in [-0.39, 0.29) is 24.1 Å². The number of hydrogen-bond donors (Lipinski definition) is 0. The first-order valence-electron chi connectivity index (χ1n) is 6.95. The van der Waals surface area contributed by atoms with Gasteiger partial charge in [0.2, 0.25) is 0 Å². The minimum absolute atomic E-state index is 0.0842. The highest BCUT2D eigenvalue weighted by atomic mass is 16.6. The number of carbonyl (C=O) groups excluding carboxylic acids is 1. The van der Waals surface area contributed by atoms with Crippen LogP contribution in [-0.4, -0.2) is 37.0 Å². The summed E-state index contributed by atoms with van der Waals surface area (Å²) < 4.78 is 16.3. The molecule has 98 valence electrons. The quantitative estimate of drug-likeness (QED) is 0.432. The van der Waals surface area contributed by atoms with Crippen molar-refractivity contribution < 1.29 is 19.0 Å². The summed E-state index contributed by atoms with van der Waals surface area (Å²) in [7, 11) is 0. The maximum absolute atomic E-state index is 11.9. The predicted molar refractivity (Wildman–Crippen MR) is 62.9 cm³/mol. The summed E-state index contributed by atoms with van der Waals surface area (Å²) in [5.74, 6) is 0.316. The van der Waals surface area contributed by atoms with Gasteiger partial charge in [0.15, 0.2) is 0 Å². The van der Waals surface area contributed by atoms with Crippen molar-refractivity contribution >= 4 is 5.97 Å². The van der Waals surface area contributed by atoms with Crippen molar-refractivity contribution in [2.75, 3.05) is 6.61 Å². The van der Waals surface area contributed by atoms with Crippen molar-refractivity contribution in [3.8, 4) is 0 Å². The molecule has 0 radical (unpaired) electrons. The van der Waals surface area contributed by atoms with Gasteiger partial charge in [0.1, 0.15) is 6.10 Å². The van der Waals surface area contributed by atoms with E-state index in [9.17, 15) is 4.79 Å². The fraction of sp³-hybridized carbons (Fsp3) is 0.786. The Bertz CT molecular complexity index is 391. The third-order valence-electron chi connectivity index (χ3n) is 4.52. The molecule has 2 saturated heterocycles. The van der Waals surface area contributed by atoms with Crippen molar-refractivity contribution in [2.24, 2.45) is 11.8 Å². The molecule has 6 atom stereocenters. The van der Waals surface area contributed by atoms with E-state index >= 15 is 0 Å². The van der Waals surface area contributed by atoms with Crippen LogP contribution in [0.3, 0.4) is 0 Å². The fourth-order valence-corrected chi connectivity index (χ4v) is 3.21. The first-order valence-corrected chi connectivity index (χ1v) is 6.95. The van der Waals surface area contributed by atoms with Gasteiger partial charge < -0.3 is 14.2 Å². The number of epoxide rings is 2. The van der Waals surface area contributed by atoms with Crippen LogP contribution in [0.5, 0.6) is 0 Å². The van der Waals surface area contributed by atoms with E-state index in [0.29, 0.717) is 24.7 Å². The summed E-state index contributed by atoms with van der Waals surface area (Å²) in [5, 5.41) is 0. The van der Waals surface area contributed by atoms with Crippen molar-refractivity contribution in [1.29, 1.82) is 0 Å². The van der Waals surface area contributed by atoms with E-state index in [2.05, 4.69) is 0 Å². The van der Waals surface area contributed by atoms with E-state index in [1.165, 1.54) is 0 Å². The molecule has 18 heavy (non-hydrogen) atoms. The molecule has 6 unspecified atom stereocenters. The monoisotopic (exact) mass is 250 g/mol. The normalized spacial score (nSPS) is 48.0. The number of hydrogen-bond acceptors (Lipinski definition) is 4. The minimum atomic E-state index is -0.0951. The number of rotatable bonds is 3. The van der Waals surface area contributed by atoms with E-state index in [1.54, 1.807) is 0 Å². The zero-order valence-electron chi connectivity index (χ0n) is 10.3. The van der Waals surface area contributed by atoms with Gasteiger partial charge in [0.05, 0.1) is 30.8 Å². The molecule has 0 spiro atoms. The van der Waals surface area contributed by atoms with Gasteiger partial charge in [-0.05, 0) is 31.6 Å². The van der Waals surface area contributed by atoms with Crippen LogP contribution in [-0.2, 0) is 19.0 Å². The molecule has 4 aliphatic rings. The molecule has 3 fully saturated rings. The molecule has 0 aromatic carbocycles. The van der Waals surface area contributed by atoms with Crippen molar-refractivity contribution in [1.82, 2.24) is 0 Å². The highest BCUT2D eigenvalue weighted by Gasteiger charge is 2.45. The van der Waals surface area contributed by atoms with Gasteiger partial charge in [-0.15, -0.1) is 0 Å². The van der Waals surface area contributed by atoms with Gasteiger partial charge in [-0.2, -0.15) is 0 Å². The summed E-state index contributed by atoms with van der Waals surface area (Å²) in [6.07, 6.45) is 9.56. The molecule has 0 aromatic rings. The topological polar surface area (TPSA) is 51.4 Å². The number of ether oxygens (including phenoxy) is 3. The lowest BCUT2D eigenvalue weighted by Crippen LogP contribution is -2.25. The molecule has 1 saturated carbocycles. The zero-order chi connectivity index (χ0) is 12.1. The Morgan fingerprint density at radius 3 is 2.89 bits per heavy atom. The largest absolute Gasteiger partial charge is 0.465 e. The highest BCUT2D eigenvalue weighted by molar-refractivity contribution is 5.75. The third kappa shape index (κ3) is 2.08. The van der Waals surface area contributed by atoms with E-state index < -0.39 is 0 Å². The van der Waals surface area contributed by atoms with Gasteiger partial charge >= 0.3 is 5.97 Å². The Morgan fingerprint density at radius 2 is 2.06 bits per heavy atom. The van der Waals surface area contributed by atoms with Gasteiger partial charge in [0, 0.05) is 0 Å². The van der Waals surface area contributed by atoms with Crippen LogP contribution in [0.4, 0.5) is 0 Å². The second kappa shape index (κ2) is 4.07. The molecular formula is C14H18O4. The average molecular weight is 250 g/mol. The molecule has 0 bridgehead atoms. The molecule has 4 nitrogen and oxygen atoms in total. The minimum Gasteiger partial charge on any atom is -0.465 e. The van der Waals surface area contributed by atoms with Gasteiger partial charge in [0.25, 0.3) is 0 Å². The Kier molecular flexibility index (Phi) is 2.49. The standard InChI is InChI=1S/C14H18O4/c15-14(9-2-4-11-13(6-9)18-11)16-7-8-1-3-10-12(5-8)17-10/h2,4,8-13H,1,3,5-7H2. The number of carbonyl (C=O) groups is 1. The predicted octanol–water partition coefficient (Wildman–Crippen LogP) is 1.44.